The van der Waals surface area contributed by atoms with Gasteiger partial charge in [0.15, 0.2) is 10.8 Å². The second-order valence-corrected chi connectivity index (χ2v) is 13.4. The Morgan fingerprint density at radius 2 is 2.00 bits per heavy atom. The Kier molecular flexibility index (Phi) is 8.42. The first-order valence-corrected chi connectivity index (χ1v) is 15.2. The van der Waals surface area contributed by atoms with Gasteiger partial charge in [0.05, 0.1) is 11.4 Å². The highest BCUT2D eigenvalue weighted by Gasteiger charge is 2.44. The van der Waals surface area contributed by atoms with E-state index in [2.05, 4.69) is 15.6 Å². The molecule has 0 unspecified atom stereocenters. The molecule has 4 heterocycles. The van der Waals surface area contributed by atoms with Crippen LogP contribution in [0.15, 0.2) is 46.9 Å². The number of nitrogens with one attached hydrogen (secondary N) is 2. The number of sulfonamides is 1. The molecule has 12 heteroatoms. The van der Waals surface area contributed by atoms with Gasteiger partial charge >= 0.3 is 0 Å². The normalized spacial score (nSPS) is 19.5. The number of Topliss-reactive ketones (excluding diaryl/α,β-unsaturated/α-hetero) is 1. The molecular formula is C25H30N4O5S3. The summed E-state index contributed by atoms with van der Waals surface area (Å²) in [7, 11) is -4.48. The summed E-state index contributed by atoms with van der Waals surface area (Å²) in [6, 6.07) is 5.71. The fourth-order valence-corrected chi connectivity index (χ4v) is 7.89. The molecule has 3 aromatic heterocycles. The number of carbonyl (C=O) groups excluding carboxylic acids is 3. The van der Waals surface area contributed by atoms with E-state index in [0.717, 1.165) is 9.40 Å². The van der Waals surface area contributed by atoms with Gasteiger partial charge in [-0.05, 0) is 61.7 Å². The first-order chi connectivity index (χ1) is 17.6. The van der Waals surface area contributed by atoms with Gasteiger partial charge in [-0.15, -0.1) is 22.7 Å². The molecule has 2 amide bonds. The molecule has 9 nitrogen and oxygen atoms in total. The van der Waals surface area contributed by atoms with Crippen LogP contribution in [0.3, 0.4) is 0 Å². The number of hydrogen-bond acceptors (Lipinski definition) is 9. The van der Waals surface area contributed by atoms with E-state index >= 15 is 0 Å². The van der Waals surface area contributed by atoms with Crippen molar-refractivity contribution in [3.8, 4) is 0 Å². The average Bonchev–Trinajstić information content (AvgIpc) is 3.43. The van der Waals surface area contributed by atoms with Crippen LogP contribution >= 0.6 is 22.7 Å². The number of amides is 2. The topological polar surface area (TPSA) is 126 Å². The van der Waals surface area contributed by atoms with Crippen molar-refractivity contribution >= 4 is 59.7 Å². The standard InChI is InChI=1S/C25H30N4O5S3/c1-15(2)12-17(28-24(31)22-13-21-20(36-22)9-11-35-21)25(32)29(18-8-7-16(3)27-14-19(18)30)37(33,34)23-6-4-5-10-26-23/h4-6,9-11,13,15-18,27H,7-8,12,14H2,1-3H3,(H,28,31)/t16-,17+,18+/m1/s1. The van der Waals surface area contributed by atoms with E-state index in [1.54, 1.807) is 12.1 Å². The predicted molar refractivity (Wildman–Crippen MR) is 144 cm³/mol. The summed E-state index contributed by atoms with van der Waals surface area (Å²) < 4.78 is 30.2. The molecule has 0 saturated carbocycles. The smallest absolute Gasteiger partial charge is 0.284 e. The summed E-state index contributed by atoms with van der Waals surface area (Å²) in [5.74, 6) is -1.72. The molecule has 0 radical (unpaired) electrons. The number of nitrogens with zero attached hydrogens (tertiary/aromatic N) is 2. The van der Waals surface area contributed by atoms with Gasteiger partial charge in [-0.2, -0.15) is 8.42 Å². The maximum absolute atomic E-state index is 14.1. The molecule has 0 bridgehead atoms. The summed E-state index contributed by atoms with van der Waals surface area (Å²) in [5, 5.41) is 7.45. The van der Waals surface area contributed by atoms with Gasteiger partial charge in [-0.1, -0.05) is 19.9 Å². The lowest BCUT2D eigenvalue weighted by molar-refractivity contribution is -0.135. The van der Waals surface area contributed by atoms with E-state index in [1.165, 1.54) is 41.0 Å². The molecular weight excluding hydrogens is 532 g/mol. The number of ketones is 1. The van der Waals surface area contributed by atoms with Gasteiger partial charge in [-0.3, -0.25) is 14.4 Å². The fourth-order valence-electron chi connectivity index (χ4n) is 4.31. The van der Waals surface area contributed by atoms with Crippen LogP contribution in [0.4, 0.5) is 0 Å². The van der Waals surface area contributed by atoms with Gasteiger partial charge in [0.1, 0.15) is 12.1 Å². The van der Waals surface area contributed by atoms with Crippen LogP contribution in [0.25, 0.3) is 9.40 Å². The Hall–Kier alpha value is -2.67. The molecule has 1 aliphatic heterocycles. The number of fused-ring (bicyclic) bond motifs is 1. The maximum atomic E-state index is 14.1. The highest BCUT2D eigenvalue weighted by atomic mass is 32.2. The molecule has 0 aliphatic carbocycles. The van der Waals surface area contributed by atoms with Crippen molar-refractivity contribution in [2.24, 2.45) is 5.92 Å². The molecule has 0 spiro atoms. The van der Waals surface area contributed by atoms with Crippen molar-refractivity contribution < 1.29 is 22.8 Å². The fraction of sp³-hybridized carbons (Fsp3) is 0.440. The van der Waals surface area contributed by atoms with Crippen molar-refractivity contribution in [2.75, 3.05) is 6.54 Å². The van der Waals surface area contributed by atoms with Crippen molar-refractivity contribution in [3.05, 3.63) is 46.8 Å². The van der Waals surface area contributed by atoms with Gasteiger partial charge in [0, 0.05) is 21.6 Å². The van der Waals surface area contributed by atoms with E-state index in [9.17, 15) is 22.8 Å². The molecule has 1 fully saturated rings. The number of carbonyl (C=O) groups is 3. The van der Waals surface area contributed by atoms with Crippen LogP contribution in [0.5, 0.6) is 0 Å². The minimum absolute atomic E-state index is 0.0117. The first-order valence-electron chi connectivity index (χ1n) is 12.1. The lowest BCUT2D eigenvalue weighted by Gasteiger charge is -2.32. The average molecular weight is 563 g/mol. The van der Waals surface area contributed by atoms with Gasteiger partial charge in [0.2, 0.25) is 0 Å². The molecule has 0 aromatic carbocycles. The van der Waals surface area contributed by atoms with Gasteiger partial charge in [-0.25, -0.2) is 9.29 Å². The summed E-state index contributed by atoms with van der Waals surface area (Å²) in [4.78, 5) is 44.8. The zero-order chi connectivity index (χ0) is 26.7. The molecule has 2 N–H and O–H groups in total. The van der Waals surface area contributed by atoms with Crippen molar-refractivity contribution in [1.29, 1.82) is 0 Å². The number of hydrogen-bond donors (Lipinski definition) is 2. The molecule has 3 atom stereocenters. The van der Waals surface area contributed by atoms with Gasteiger partial charge in [0.25, 0.3) is 21.8 Å². The van der Waals surface area contributed by atoms with Crippen molar-refractivity contribution in [3.63, 3.8) is 0 Å². The summed E-state index contributed by atoms with van der Waals surface area (Å²) in [6.45, 7) is 5.62. The van der Waals surface area contributed by atoms with E-state index in [1.807, 2.05) is 32.2 Å². The molecule has 198 valence electrons. The van der Waals surface area contributed by atoms with Crippen LogP contribution in [0.1, 0.15) is 49.7 Å². The minimum atomic E-state index is -4.48. The van der Waals surface area contributed by atoms with E-state index in [0.29, 0.717) is 15.6 Å². The second kappa shape index (κ2) is 11.4. The van der Waals surface area contributed by atoms with Crippen LogP contribution in [0.2, 0.25) is 0 Å². The number of pyridine rings is 1. The Morgan fingerprint density at radius 1 is 1.22 bits per heavy atom. The minimum Gasteiger partial charge on any atom is -0.339 e. The zero-order valence-corrected chi connectivity index (χ0v) is 23.3. The molecule has 1 saturated heterocycles. The van der Waals surface area contributed by atoms with Crippen LogP contribution in [-0.2, 0) is 19.6 Å². The Bertz CT molecular complexity index is 1350. The molecule has 1 aliphatic rings. The van der Waals surface area contributed by atoms with Crippen molar-refractivity contribution in [1.82, 2.24) is 19.9 Å². The highest BCUT2D eigenvalue weighted by molar-refractivity contribution is 7.89. The quantitative estimate of drug-likeness (QED) is 0.431. The van der Waals surface area contributed by atoms with E-state index in [4.69, 9.17) is 0 Å². The highest BCUT2D eigenvalue weighted by Crippen LogP contribution is 2.30. The Morgan fingerprint density at radius 3 is 2.68 bits per heavy atom. The largest absolute Gasteiger partial charge is 0.339 e. The third-order valence-electron chi connectivity index (χ3n) is 6.20. The third kappa shape index (κ3) is 6.08. The van der Waals surface area contributed by atoms with E-state index < -0.39 is 39.7 Å². The lowest BCUT2D eigenvalue weighted by atomic mass is 10.0. The molecule has 4 rings (SSSR count). The Labute approximate surface area is 224 Å². The Balaban J connectivity index is 1.72. The SMILES string of the molecule is CC(C)C[C@H](NC(=O)c1cc2sccc2s1)C(=O)N([C@H]1CC[C@@H](C)NCC1=O)S(=O)(=O)c1ccccn1. The van der Waals surface area contributed by atoms with Crippen LogP contribution in [-0.4, -0.2) is 60.0 Å². The third-order valence-corrected chi connectivity index (χ3v) is 10.0. The van der Waals surface area contributed by atoms with E-state index in [-0.39, 0.29) is 36.4 Å². The number of rotatable bonds is 8. The monoisotopic (exact) mass is 562 g/mol. The zero-order valence-electron chi connectivity index (χ0n) is 20.8. The van der Waals surface area contributed by atoms with Crippen LogP contribution < -0.4 is 10.6 Å². The van der Waals surface area contributed by atoms with Crippen molar-refractivity contribution in [2.45, 2.75) is 63.2 Å². The molecule has 37 heavy (non-hydrogen) atoms. The maximum Gasteiger partial charge on any atom is 0.284 e. The van der Waals surface area contributed by atoms with Crippen LogP contribution in [0, 0.1) is 5.92 Å². The number of thiophene rings is 2. The van der Waals surface area contributed by atoms with Gasteiger partial charge < -0.3 is 10.6 Å². The first kappa shape index (κ1) is 27.4. The number of aromatic nitrogens is 1. The lowest BCUT2D eigenvalue weighted by Crippen LogP contribution is -2.56. The predicted octanol–water partition coefficient (Wildman–Crippen LogP) is 3.43. The second-order valence-electron chi connectivity index (χ2n) is 9.56. The summed E-state index contributed by atoms with van der Waals surface area (Å²) >= 11 is 2.82. The summed E-state index contributed by atoms with van der Waals surface area (Å²) in [5.41, 5.74) is 0. The molecule has 3 aromatic rings. The summed E-state index contributed by atoms with van der Waals surface area (Å²) in [6.07, 6.45) is 2.21.